The third-order valence-corrected chi connectivity index (χ3v) is 4.40. The van der Waals surface area contributed by atoms with E-state index in [1.165, 1.54) is 32.1 Å². The van der Waals surface area contributed by atoms with Crippen LogP contribution in [0.1, 0.15) is 50.5 Å². The van der Waals surface area contributed by atoms with Crippen molar-refractivity contribution in [1.82, 2.24) is 0 Å². The first-order valence-corrected chi connectivity index (χ1v) is 7.28. The van der Waals surface area contributed by atoms with E-state index in [0.29, 0.717) is 0 Å². The summed E-state index contributed by atoms with van der Waals surface area (Å²) in [5, 5.41) is 10.4. The lowest BCUT2D eigenvalue weighted by Gasteiger charge is -2.29. The number of benzene rings is 1. The van der Waals surface area contributed by atoms with Gasteiger partial charge in [-0.05, 0) is 30.9 Å². The molecule has 0 amide bonds. The van der Waals surface area contributed by atoms with Crippen molar-refractivity contribution < 1.29 is 0 Å². The van der Waals surface area contributed by atoms with Crippen LogP contribution in [0.25, 0.3) is 0 Å². The van der Waals surface area contributed by atoms with Crippen molar-refractivity contribution in [3.8, 4) is 6.07 Å². The summed E-state index contributed by atoms with van der Waals surface area (Å²) in [5.74, 6) is 0. The molecule has 1 aliphatic rings. The van der Waals surface area contributed by atoms with E-state index >= 15 is 0 Å². The number of hydrogen-bond donors (Lipinski definition) is 0. The van der Waals surface area contributed by atoms with Crippen molar-refractivity contribution in [2.45, 2.75) is 51.4 Å². The van der Waals surface area contributed by atoms with Gasteiger partial charge in [0.2, 0.25) is 0 Å². The lowest BCUT2D eigenvalue weighted by molar-refractivity contribution is 0.287. The van der Waals surface area contributed by atoms with Crippen LogP contribution >= 0.6 is 11.6 Å². The number of halogens is 1. The van der Waals surface area contributed by atoms with Crippen molar-refractivity contribution in [1.29, 1.82) is 5.26 Å². The molecule has 1 fully saturated rings. The zero-order valence-electron chi connectivity index (χ0n) is 10.8. The van der Waals surface area contributed by atoms with Crippen molar-refractivity contribution in [3.63, 3.8) is 0 Å². The van der Waals surface area contributed by atoms with Gasteiger partial charge in [0.25, 0.3) is 0 Å². The van der Waals surface area contributed by atoms with Gasteiger partial charge in [-0.2, -0.15) is 5.26 Å². The van der Waals surface area contributed by atoms with Gasteiger partial charge in [0.15, 0.2) is 0 Å². The van der Waals surface area contributed by atoms with E-state index < -0.39 is 0 Å². The van der Waals surface area contributed by atoms with Gasteiger partial charge in [0, 0.05) is 5.02 Å². The van der Waals surface area contributed by atoms with E-state index in [0.717, 1.165) is 29.8 Å². The van der Waals surface area contributed by atoms with E-state index in [4.69, 9.17) is 11.6 Å². The summed E-state index contributed by atoms with van der Waals surface area (Å²) >= 11 is 6.23. The van der Waals surface area contributed by atoms with Gasteiger partial charge < -0.3 is 0 Å². The molecule has 1 saturated carbocycles. The van der Waals surface area contributed by atoms with Gasteiger partial charge in [0.05, 0.1) is 11.5 Å². The zero-order chi connectivity index (χ0) is 12.8. The molecule has 1 aromatic carbocycles. The van der Waals surface area contributed by atoms with Gasteiger partial charge >= 0.3 is 0 Å². The molecule has 0 saturated heterocycles. The Balaban J connectivity index is 2.16. The Bertz CT molecular complexity index is 425. The molecular formula is C16H20ClN. The minimum absolute atomic E-state index is 0.189. The van der Waals surface area contributed by atoms with Crippen LogP contribution in [0.15, 0.2) is 24.3 Å². The molecule has 0 heterocycles. The fourth-order valence-corrected chi connectivity index (χ4v) is 3.12. The molecule has 2 rings (SSSR count). The van der Waals surface area contributed by atoms with Crippen molar-refractivity contribution in [3.05, 3.63) is 34.9 Å². The summed E-state index contributed by atoms with van der Waals surface area (Å²) in [6, 6.07) is 10.5. The summed E-state index contributed by atoms with van der Waals surface area (Å²) in [7, 11) is 0. The Hall–Kier alpha value is -1.00. The topological polar surface area (TPSA) is 23.8 Å². The van der Waals surface area contributed by atoms with Crippen molar-refractivity contribution >= 4 is 11.6 Å². The highest BCUT2D eigenvalue weighted by molar-refractivity contribution is 6.31. The predicted molar refractivity (Wildman–Crippen MR) is 75.5 cm³/mol. The fraction of sp³-hybridized carbons (Fsp3) is 0.562. The molecule has 0 spiro atoms. The van der Waals surface area contributed by atoms with E-state index in [9.17, 15) is 5.26 Å². The highest BCUT2D eigenvalue weighted by Crippen LogP contribution is 2.38. The molecule has 1 aromatic rings. The Morgan fingerprint density at radius 3 is 2.28 bits per heavy atom. The molecule has 0 aliphatic heterocycles. The normalized spacial score (nSPS) is 19.6. The average molecular weight is 262 g/mol. The van der Waals surface area contributed by atoms with E-state index in [1.54, 1.807) is 0 Å². The Morgan fingerprint density at radius 2 is 1.67 bits per heavy atom. The van der Waals surface area contributed by atoms with Crippen molar-refractivity contribution in [2.75, 3.05) is 0 Å². The molecule has 1 nitrogen and oxygen atoms in total. The number of rotatable bonds is 2. The molecule has 0 unspecified atom stereocenters. The maximum absolute atomic E-state index is 9.62. The molecule has 0 bridgehead atoms. The Morgan fingerprint density at radius 1 is 1.06 bits per heavy atom. The summed E-state index contributed by atoms with van der Waals surface area (Å²) in [4.78, 5) is 0. The first kappa shape index (κ1) is 13.4. The quantitative estimate of drug-likeness (QED) is 0.723. The van der Waals surface area contributed by atoms with E-state index in [-0.39, 0.29) is 5.41 Å². The first-order chi connectivity index (χ1) is 8.76. The van der Waals surface area contributed by atoms with Crippen LogP contribution in [-0.4, -0.2) is 0 Å². The second kappa shape index (κ2) is 6.25. The van der Waals surface area contributed by atoms with Gasteiger partial charge in [0.1, 0.15) is 0 Å². The highest BCUT2D eigenvalue weighted by Gasteiger charge is 2.30. The largest absolute Gasteiger partial charge is 0.198 e. The third-order valence-electron chi connectivity index (χ3n) is 4.03. The second-order valence-electron chi connectivity index (χ2n) is 5.43. The summed E-state index contributed by atoms with van der Waals surface area (Å²) in [6.45, 7) is 0. The van der Waals surface area contributed by atoms with Crippen LogP contribution < -0.4 is 0 Å². The standard InChI is InChI=1S/C16H20ClN/c17-15-9-5-4-8-14(15)12-16(13-18)10-6-2-1-3-7-11-16/h4-5,8-9H,1-3,6-7,10-12H2. The Kier molecular flexibility index (Phi) is 4.66. The fourth-order valence-electron chi connectivity index (χ4n) is 2.92. The molecule has 0 N–H and O–H groups in total. The van der Waals surface area contributed by atoms with Gasteiger partial charge in [-0.25, -0.2) is 0 Å². The zero-order valence-corrected chi connectivity index (χ0v) is 11.5. The number of nitrogens with zero attached hydrogens (tertiary/aromatic N) is 1. The number of nitriles is 1. The lowest BCUT2D eigenvalue weighted by Crippen LogP contribution is -2.23. The van der Waals surface area contributed by atoms with E-state index in [2.05, 4.69) is 12.1 Å². The minimum atomic E-state index is -0.189. The van der Waals surface area contributed by atoms with Gasteiger partial charge in [-0.1, -0.05) is 61.9 Å². The third kappa shape index (κ3) is 3.27. The van der Waals surface area contributed by atoms with Crippen LogP contribution in [0, 0.1) is 16.7 Å². The molecule has 0 aromatic heterocycles. The molecule has 2 heteroatoms. The van der Waals surface area contributed by atoms with Crippen LogP contribution in [0.4, 0.5) is 0 Å². The Labute approximate surface area is 115 Å². The maximum atomic E-state index is 9.62. The van der Waals surface area contributed by atoms with Crippen LogP contribution in [-0.2, 0) is 6.42 Å². The first-order valence-electron chi connectivity index (χ1n) is 6.90. The lowest BCUT2D eigenvalue weighted by atomic mass is 9.73. The van der Waals surface area contributed by atoms with Crippen LogP contribution in [0.2, 0.25) is 5.02 Å². The molecule has 18 heavy (non-hydrogen) atoms. The second-order valence-corrected chi connectivity index (χ2v) is 5.84. The maximum Gasteiger partial charge on any atom is 0.0693 e. The van der Waals surface area contributed by atoms with E-state index in [1.807, 2.05) is 18.2 Å². The SMILES string of the molecule is N#CC1(Cc2ccccc2Cl)CCCCCCC1. The van der Waals surface area contributed by atoms with Gasteiger partial charge in [-0.3, -0.25) is 0 Å². The summed E-state index contributed by atoms with van der Waals surface area (Å²) in [5.41, 5.74) is 0.937. The van der Waals surface area contributed by atoms with Gasteiger partial charge in [-0.15, -0.1) is 0 Å². The summed E-state index contributed by atoms with van der Waals surface area (Å²) in [6.07, 6.45) is 9.08. The van der Waals surface area contributed by atoms with Crippen molar-refractivity contribution in [2.24, 2.45) is 5.41 Å². The minimum Gasteiger partial charge on any atom is -0.198 e. The predicted octanol–water partition coefficient (Wildman–Crippen LogP) is 5.14. The molecule has 96 valence electrons. The molecular weight excluding hydrogens is 242 g/mol. The molecule has 1 aliphatic carbocycles. The smallest absolute Gasteiger partial charge is 0.0693 e. The highest BCUT2D eigenvalue weighted by atomic mass is 35.5. The molecule has 0 radical (unpaired) electrons. The number of hydrogen-bond acceptors (Lipinski definition) is 1. The average Bonchev–Trinajstić information content (AvgIpc) is 2.35. The monoisotopic (exact) mass is 261 g/mol. The summed E-state index contributed by atoms with van der Waals surface area (Å²) < 4.78 is 0. The molecule has 0 atom stereocenters. The van der Waals surface area contributed by atoms with Crippen LogP contribution in [0.3, 0.4) is 0 Å². The van der Waals surface area contributed by atoms with Crippen LogP contribution in [0.5, 0.6) is 0 Å².